The molecule has 0 saturated carbocycles. The van der Waals surface area contributed by atoms with Crippen LogP contribution in [0.5, 0.6) is 0 Å². The van der Waals surface area contributed by atoms with Gasteiger partial charge in [0.15, 0.2) is 12.2 Å². The summed E-state index contributed by atoms with van der Waals surface area (Å²) in [6.45, 7) is 2.77. The van der Waals surface area contributed by atoms with E-state index in [1.807, 2.05) is 37.4 Å². The van der Waals surface area contributed by atoms with Crippen molar-refractivity contribution < 1.29 is 9.21 Å². The van der Waals surface area contributed by atoms with Gasteiger partial charge in [0.05, 0.1) is 11.9 Å². The molecular formula is C18H18N4O2. The molecule has 122 valence electrons. The fraction of sp³-hybridized carbons (Fsp3) is 0.278. The maximum atomic E-state index is 12.5. The van der Waals surface area contributed by atoms with E-state index >= 15 is 0 Å². The molecule has 0 fully saturated rings. The van der Waals surface area contributed by atoms with Crippen molar-refractivity contribution in [2.75, 3.05) is 0 Å². The molecule has 1 unspecified atom stereocenters. The molecule has 0 spiro atoms. The van der Waals surface area contributed by atoms with Crippen LogP contribution < -0.4 is 5.32 Å². The molecule has 0 bridgehead atoms. The van der Waals surface area contributed by atoms with Gasteiger partial charge in [-0.25, -0.2) is 9.97 Å². The number of hydrogen-bond donors (Lipinski definition) is 1. The predicted molar refractivity (Wildman–Crippen MR) is 88.5 cm³/mol. The molecule has 1 amide bonds. The highest BCUT2D eigenvalue weighted by Crippen LogP contribution is 2.19. The van der Waals surface area contributed by atoms with E-state index in [1.165, 1.54) is 6.39 Å². The van der Waals surface area contributed by atoms with E-state index in [-0.39, 0.29) is 11.9 Å². The molecular weight excluding hydrogens is 304 g/mol. The van der Waals surface area contributed by atoms with E-state index in [9.17, 15) is 4.79 Å². The number of amides is 1. The number of rotatable bonds is 3. The summed E-state index contributed by atoms with van der Waals surface area (Å²) in [5.41, 5.74) is 2.58. The second-order valence-corrected chi connectivity index (χ2v) is 6.10. The van der Waals surface area contributed by atoms with Gasteiger partial charge in [-0.15, -0.1) is 0 Å². The molecule has 1 aliphatic rings. The maximum absolute atomic E-state index is 12.5. The zero-order valence-electron chi connectivity index (χ0n) is 13.4. The van der Waals surface area contributed by atoms with Crippen LogP contribution in [0.1, 0.15) is 28.3 Å². The number of carbonyl (C=O) groups excluding carboxylic acids is 1. The molecule has 1 aliphatic heterocycles. The first-order chi connectivity index (χ1) is 11.7. The third-order valence-electron chi connectivity index (χ3n) is 4.31. The largest absolute Gasteiger partial charge is 0.444 e. The summed E-state index contributed by atoms with van der Waals surface area (Å²) in [5.74, 6) is 1.75. The van der Waals surface area contributed by atoms with Gasteiger partial charge in [0.25, 0.3) is 5.91 Å². The van der Waals surface area contributed by atoms with Gasteiger partial charge in [0.1, 0.15) is 5.82 Å². The monoisotopic (exact) mass is 322 g/mol. The van der Waals surface area contributed by atoms with Crippen LogP contribution in [-0.2, 0) is 13.0 Å². The Morgan fingerprint density at radius 1 is 1.33 bits per heavy atom. The lowest BCUT2D eigenvalue weighted by Gasteiger charge is -2.24. The van der Waals surface area contributed by atoms with Crippen LogP contribution in [0.15, 0.2) is 47.5 Å². The number of carbonyl (C=O) groups is 1. The van der Waals surface area contributed by atoms with Gasteiger partial charge in [0.2, 0.25) is 0 Å². The number of hydrogen-bond acceptors (Lipinski definition) is 4. The highest BCUT2D eigenvalue weighted by molar-refractivity contribution is 5.94. The Labute approximate surface area is 139 Å². The summed E-state index contributed by atoms with van der Waals surface area (Å²) in [4.78, 5) is 20.8. The smallest absolute Gasteiger partial charge is 0.251 e. The van der Waals surface area contributed by atoms with Gasteiger partial charge in [-0.3, -0.25) is 4.79 Å². The summed E-state index contributed by atoms with van der Waals surface area (Å²) in [6, 6.07) is 7.49. The third-order valence-corrected chi connectivity index (χ3v) is 4.31. The molecule has 24 heavy (non-hydrogen) atoms. The van der Waals surface area contributed by atoms with E-state index < -0.39 is 0 Å². The number of nitrogens with one attached hydrogen (secondary N) is 1. The molecule has 0 saturated heterocycles. The van der Waals surface area contributed by atoms with Crippen molar-refractivity contribution in [2.45, 2.75) is 32.4 Å². The van der Waals surface area contributed by atoms with Crippen LogP contribution in [0.25, 0.3) is 11.3 Å². The molecule has 1 atom stereocenters. The van der Waals surface area contributed by atoms with Crippen molar-refractivity contribution >= 4 is 5.91 Å². The summed E-state index contributed by atoms with van der Waals surface area (Å²) in [6.07, 6.45) is 6.90. The fourth-order valence-electron chi connectivity index (χ4n) is 3.12. The molecule has 4 rings (SSSR count). The normalized spacial score (nSPS) is 16.6. The van der Waals surface area contributed by atoms with Crippen molar-refractivity contribution in [3.8, 4) is 11.3 Å². The van der Waals surface area contributed by atoms with Crippen LogP contribution >= 0.6 is 0 Å². The van der Waals surface area contributed by atoms with Crippen LogP contribution in [0.2, 0.25) is 0 Å². The van der Waals surface area contributed by atoms with Crippen molar-refractivity contribution in [2.24, 2.45) is 0 Å². The van der Waals surface area contributed by atoms with Gasteiger partial charge in [-0.2, -0.15) is 0 Å². The second kappa shape index (κ2) is 5.96. The molecule has 3 aromatic rings. The average molecular weight is 322 g/mol. The number of imidazole rings is 1. The maximum Gasteiger partial charge on any atom is 0.251 e. The van der Waals surface area contributed by atoms with E-state index in [1.54, 1.807) is 6.20 Å². The Balaban J connectivity index is 1.43. The van der Waals surface area contributed by atoms with Crippen molar-refractivity contribution in [3.63, 3.8) is 0 Å². The highest BCUT2D eigenvalue weighted by atomic mass is 16.3. The Morgan fingerprint density at radius 3 is 2.92 bits per heavy atom. The zero-order valence-corrected chi connectivity index (χ0v) is 13.4. The molecule has 1 aromatic carbocycles. The van der Waals surface area contributed by atoms with Crippen molar-refractivity contribution in [1.82, 2.24) is 19.9 Å². The summed E-state index contributed by atoms with van der Waals surface area (Å²) in [7, 11) is 0. The quantitative estimate of drug-likeness (QED) is 0.804. The first-order valence-electron chi connectivity index (χ1n) is 8.01. The predicted octanol–water partition coefficient (Wildman–Crippen LogP) is 2.59. The molecule has 6 heteroatoms. The Morgan fingerprint density at radius 2 is 2.17 bits per heavy atom. The summed E-state index contributed by atoms with van der Waals surface area (Å²) in [5, 5.41) is 3.12. The molecule has 1 N–H and O–H groups in total. The summed E-state index contributed by atoms with van der Waals surface area (Å²) < 4.78 is 7.39. The summed E-state index contributed by atoms with van der Waals surface area (Å²) >= 11 is 0. The van der Waals surface area contributed by atoms with Crippen LogP contribution in [0.4, 0.5) is 0 Å². The van der Waals surface area contributed by atoms with E-state index in [4.69, 9.17) is 4.42 Å². The number of aryl methyl sites for hydroxylation is 2. The fourth-order valence-corrected chi connectivity index (χ4v) is 3.12. The molecule has 0 aliphatic carbocycles. The number of oxazole rings is 1. The van der Waals surface area contributed by atoms with E-state index in [0.717, 1.165) is 36.5 Å². The lowest BCUT2D eigenvalue weighted by atomic mass is 10.1. The standard InChI is InChI=1S/C18H18N4O2/c1-12-9-22-10-15(6-7-17(22)20-12)21-18(23)14-4-2-13(3-5-14)16-8-19-11-24-16/h2-5,8-9,11,15H,6-7,10H2,1H3,(H,21,23). The Hall–Kier alpha value is -2.89. The van der Waals surface area contributed by atoms with Crippen LogP contribution in [0.3, 0.4) is 0 Å². The number of aromatic nitrogens is 3. The Bertz CT molecular complexity index is 850. The lowest BCUT2D eigenvalue weighted by molar-refractivity contribution is 0.0927. The van der Waals surface area contributed by atoms with Crippen LogP contribution in [0, 0.1) is 6.92 Å². The zero-order chi connectivity index (χ0) is 16.5. The van der Waals surface area contributed by atoms with Gasteiger partial charge >= 0.3 is 0 Å². The second-order valence-electron chi connectivity index (χ2n) is 6.10. The van der Waals surface area contributed by atoms with Gasteiger partial charge < -0.3 is 14.3 Å². The first kappa shape index (κ1) is 14.7. The minimum Gasteiger partial charge on any atom is -0.444 e. The number of benzene rings is 1. The molecule has 3 heterocycles. The van der Waals surface area contributed by atoms with Crippen molar-refractivity contribution in [1.29, 1.82) is 0 Å². The van der Waals surface area contributed by atoms with Gasteiger partial charge in [0, 0.05) is 36.3 Å². The average Bonchev–Trinajstić information content (AvgIpc) is 3.23. The number of nitrogens with zero attached hydrogens (tertiary/aromatic N) is 3. The SMILES string of the molecule is Cc1cn2c(n1)CCC(NC(=O)c1ccc(-c3cnco3)cc1)C2. The number of fused-ring (bicyclic) bond motifs is 1. The molecule has 2 aromatic heterocycles. The lowest BCUT2D eigenvalue weighted by Crippen LogP contribution is -2.40. The molecule has 0 radical (unpaired) electrons. The first-order valence-corrected chi connectivity index (χ1v) is 8.01. The van der Waals surface area contributed by atoms with Gasteiger partial charge in [-0.1, -0.05) is 12.1 Å². The highest BCUT2D eigenvalue weighted by Gasteiger charge is 2.21. The molecule has 6 nitrogen and oxygen atoms in total. The van der Waals surface area contributed by atoms with E-state index in [2.05, 4.69) is 19.9 Å². The van der Waals surface area contributed by atoms with E-state index in [0.29, 0.717) is 11.3 Å². The van der Waals surface area contributed by atoms with Crippen LogP contribution in [-0.4, -0.2) is 26.5 Å². The topological polar surface area (TPSA) is 73.0 Å². The Kier molecular flexibility index (Phi) is 3.65. The van der Waals surface area contributed by atoms with Crippen molar-refractivity contribution in [3.05, 3.63) is 60.1 Å². The minimum atomic E-state index is -0.0515. The minimum absolute atomic E-state index is 0.0515. The van der Waals surface area contributed by atoms with Gasteiger partial charge in [-0.05, 0) is 25.5 Å². The third kappa shape index (κ3) is 2.82.